The van der Waals surface area contributed by atoms with Gasteiger partial charge in [0, 0.05) is 43.9 Å². The van der Waals surface area contributed by atoms with Crippen LogP contribution in [0, 0.1) is 5.95 Å². The van der Waals surface area contributed by atoms with Crippen LogP contribution < -0.4 is 5.32 Å². The summed E-state index contributed by atoms with van der Waals surface area (Å²) in [5, 5.41) is 2.60. The number of nitrogens with zero attached hydrogens (tertiary/aromatic N) is 2. The lowest BCUT2D eigenvalue weighted by Crippen LogP contribution is -2.32. The predicted molar refractivity (Wildman–Crippen MR) is 67.0 cm³/mol. The molecule has 19 heavy (non-hydrogen) atoms. The summed E-state index contributed by atoms with van der Waals surface area (Å²) >= 11 is 0. The maximum atomic E-state index is 12.8. The molecule has 0 aromatic carbocycles. The van der Waals surface area contributed by atoms with Crippen LogP contribution in [-0.2, 0) is 4.79 Å². The molecule has 6 heteroatoms. The highest BCUT2D eigenvalue weighted by atomic mass is 19.1. The largest absolute Gasteiger partial charge is 0.352 e. The highest BCUT2D eigenvalue weighted by Crippen LogP contribution is 2.08. The summed E-state index contributed by atoms with van der Waals surface area (Å²) in [5.41, 5.74) is 0.209. The Kier molecular flexibility index (Phi) is 4.43. The molecule has 0 saturated carbocycles. The van der Waals surface area contributed by atoms with Crippen molar-refractivity contribution in [2.24, 2.45) is 0 Å². The first-order valence-corrected chi connectivity index (χ1v) is 6.34. The molecule has 1 aliphatic heterocycles. The van der Waals surface area contributed by atoms with Crippen molar-refractivity contribution >= 4 is 11.8 Å². The number of nitrogens with one attached hydrogen (secondary N) is 1. The molecule has 2 amide bonds. The van der Waals surface area contributed by atoms with Gasteiger partial charge in [-0.25, -0.2) is 4.98 Å². The van der Waals surface area contributed by atoms with E-state index >= 15 is 0 Å². The minimum atomic E-state index is -0.694. The quantitative estimate of drug-likeness (QED) is 0.825. The van der Waals surface area contributed by atoms with E-state index in [0.29, 0.717) is 0 Å². The molecule has 1 aromatic rings. The van der Waals surface area contributed by atoms with Gasteiger partial charge in [0.05, 0.1) is 0 Å². The first-order valence-electron chi connectivity index (χ1n) is 6.34. The van der Waals surface area contributed by atoms with E-state index in [2.05, 4.69) is 10.3 Å². The second-order valence-electron chi connectivity index (χ2n) is 4.46. The Balaban J connectivity index is 1.76. The zero-order valence-electron chi connectivity index (χ0n) is 10.6. The summed E-state index contributed by atoms with van der Waals surface area (Å²) < 4.78 is 12.8. The van der Waals surface area contributed by atoms with Crippen molar-refractivity contribution in [3.63, 3.8) is 0 Å². The molecule has 5 nitrogen and oxygen atoms in total. The number of amides is 2. The molecule has 2 heterocycles. The van der Waals surface area contributed by atoms with Crippen LogP contribution in [0.5, 0.6) is 0 Å². The SMILES string of the molecule is O=C(NCCC(=O)N1CCCC1)c1ccnc(F)c1. The number of halogens is 1. The molecule has 1 aliphatic rings. The lowest BCUT2D eigenvalue weighted by Gasteiger charge is -2.15. The summed E-state index contributed by atoms with van der Waals surface area (Å²) in [6.45, 7) is 1.88. The van der Waals surface area contributed by atoms with Gasteiger partial charge in [0.15, 0.2) is 0 Å². The molecular formula is C13H16FN3O2. The summed E-state index contributed by atoms with van der Waals surface area (Å²) in [6.07, 6.45) is 3.61. The standard InChI is InChI=1S/C13H16FN3O2/c14-11-9-10(3-5-15-11)13(19)16-6-4-12(18)17-7-1-2-8-17/h3,5,9H,1-2,4,6-8H2,(H,16,19). The van der Waals surface area contributed by atoms with E-state index in [9.17, 15) is 14.0 Å². The number of aromatic nitrogens is 1. The highest BCUT2D eigenvalue weighted by molar-refractivity contribution is 5.94. The van der Waals surface area contributed by atoms with Crippen molar-refractivity contribution < 1.29 is 14.0 Å². The van der Waals surface area contributed by atoms with Crippen LogP contribution in [-0.4, -0.2) is 41.3 Å². The normalized spacial score (nSPS) is 14.5. The maximum Gasteiger partial charge on any atom is 0.251 e. The van der Waals surface area contributed by atoms with Gasteiger partial charge in [0.2, 0.25) is 11.9 Å². The van der Waals surface area contributed by atoms with E-state index in [1.807, 2.05) is 0 Å². The Morgan fingerprint density at radius 2 is 2.11 bits per heavy atom. The van der Waals surface area contributed by atoms with E-state index in [1.165, 1.54) is 12.3 Å². The van der Waals surface area contributed by atoms with E-state index in [1.54, 1.807) is 4.90 Å². The van der Waals surface area contributed by atoms with Gasteiger partial charge in [0.25, 0.3) is 5.91 Å². The average Bonchev–Trinajstić information content (AvgIpc) is 2.92. The van der Waals surface area contributed by atoms with E-state index in [4.69, 9.17) is 0 Å². The molecule has 0 radical (unpaired) electrons. The minimum absolute atomic E-state index is 0.0544. The molecule has 0 aliphatic carbocycles. The fraction of sp³-hybridized carbons (Fsp3) is 0.462. The summed E-state index contributed by atoms with van der Waals surface area (Å²) in [4.78, 5) is 28.6. The zero-order valence-corrected chi connectivity index (χ0v) is 10.6. The third kappa shape index (κ3) is 3.74. The molecule has 1 fully saturated rings. The van der Waals surface area contributed by atoms with Crippen LogP contribution in [0.15, 0.2) is 18.3 Å². The van der Waals surface area contributed by atoms with Crippen molar-refractivity contribution in [1.29, 1.82) is 0 Å². The Labute approximate surface area is 110 Å². The average molecular weight is 265 g/mol. The fourth-order valence-electron chi connectivity index (χ4n) is 2.05. The van der Waals surface area contributed by atoms with E-state index < -0.39 is 11.9 Å². The molecule has 102 valence electrons. The summed E-state index contributed by atoms with van der Waals surface area (Å²) in [6, 6.07) is 2.50. The number of hydrogen-bond acceptors (Lipinski definition) is 3. The maximum absolute atomic E-state index is 12.8. The van der Waals surface area contributed by atoms with Crippen molar-refractivity contribution in [1.82, 2.24) is 15.2 Å². The van der Waals surface area contributed by atoms with Gasteiger partial charge in [-0.3, -0.25) is 9.59 Å². The number of hydrogen-bond donors (Lipinski definition) is 1. The molecule has 0 spiro atoms. The van der Waals surface area contributed by atoms with Crippen LogP contribution in [0.25, 0.3) is 0 Å². The van der Waals surface area contributed by atoms with Gasteiger partial charge in [-0.1, -0.05) is 0 Å². The second kappa shape index (κ2) is 6.26. The van der Waals surface area contributed by atoms with Crippen molar-refractivity contribution in [3.8, 4) is 0 Å². The Hall–Kier alpha value is -1.98. The number of carbonyl (C=O) groups is 2. The molecule has 1 aromatic heterocycles. The molecular weight excluding hydrogens is 249 g/mol. The van der Waals surface area contributed by atoms with Crippen molar-refractivity contribution in [3.05, 3.63) is 29.8 Å². The molecule has 1 saturated heterocycles. The van der Waals surface area contributed by atoms with Crippen LogP contribution >= 0.6 is 0 Å². The van der Waals surface area contributed by atoms with Crippen molar-refractivity contribution in [2.75, 3.05) is 19.6 Å². The van der Waals surface area contributed by atoms with Crippen LogP contribution in [0.1, 0.15) is 29.6 Å². The monoisotopic (exact) mass is 265 g/mol. The number of pyridine rings is 1. The first kappa shape index (κ1) is 13.5. The molecule has 0 unspecified atom stereocenters. The molecule has 1 N–H and O–H groups in total. The van der Waals surface area contributed by atoms with E-state index in [0.717, 1.165) is 32.0 Å². The number of rotatable bonds is 4. The van der Waals surface area contributed by atoms with Gasteiger partial charge in [-0.15, -0.1) is 0 Å². The third-order valence-electron chi connectivity index (χ3n) is 3.07. The van der Waals surface area contributed by atoms with Crippen LogP contribution in [0.4, 0.5) is 4.39 Å². The minimum Gasteiger partial charge on any atom is -0.352 e. The number of likely N-dealkylation sites (tertiary alicyclic amines) is 1. The van der Waals surface area contributed by atoms with Crippen molar-refractivity contribution in [2.45, 2.75) is 19.3 Å². The Morgan fingerprint density at radius 1 is 1.37 bits per heavy atom. The summed E-state index contributed by atoms with van der Waals surface area (Å²) in [7, 11) is 0. The Morgan fingerprint density at radius 3 is 2.79 bits per heavy atom. The zero-order chi connectivity index (χ0) is 13.7. The molecule has 0 atom stereocenters. The van der Waals surface area contributed by atoms with Gasteiger partial charge in [-0.2, -0.15) is 4.39 Å². The predicted octanol–water partition coefficient (Wildman–Crippen LogP) is 0.963. The second-order valence-corrected chi connectivity index (χ2v) is 4.46. The highest BCUT2D eigenvalue weighted by Gasteiger charge is 2.17. The van der Waals surface area contributed by atoms with E-state index in [-0.39, 0.29) is 24.4 Å². The fourth-order valence-corrected chi connectivity index (χ4v) is 2.05. The van der Waals surface area contributed by atoms with Crippen LogP contribution in [0.3, 0.4) is 0 Å². The van der Waals surface area contributed by atoms with Gasteiger partial charge < -0.3 is 10.2 Å². The Bertz CT molecular complexity index is 473. The van der Waals surface area contributed by atoms with Crippen LogP contribution in [0.2, 0.25) is 0 Å². The molecule has 0 bridgehead atoms. The lowest BCUT2D eigenvalue weighted by atomic mass is 10.2. The topological polar surface area (TPSA) is 62.3 Å². The lowest BCUT2D eigenvalue weighted by molar-refractivity contribution is -0.129. The first-order chi connectivity index (χ1) is 9.16. The number of carbonyl (C=O) groups excluding carboxylic acids is 2. The third-order valence-corrected chi connectivity index (χ3v) is 3.07. The van der Waals surface area contributed by atoms with Gasteiger partial charge in [0.1, 0.15) is 0 Å². The smallest absolute Gasteiger partial charge is 0.251 e. The summed E-state index contributed by atoms with van der Waals surface area (Å²) in [5.74, 6) is -1.03. The van der Waals surface area contributed by atoms with Gasteiger partial charge in [-0.05, 0) is 18.9 Å². The molecule has 2 rings (SSSR count). The van der Waals surface area contributed by atoms with Gasteiger partial charge >= 0.3 is 0 Å².